The van der Waals surface area contributed by atoms with Gasteiger partial charge in [-0.1, -0.05) is 0 Å². The highest BCUT2D eigenvalue weighted by atomic mass is 28.4. The summed E-state index contributed by atoms with van der Waals surface area (Å²) in [7, 11) is -2.41. The highest BCUT2D eigenvalue weighted by Crippen LogP contribution is 2.18. The van der Waals surface area contributed by atoms with Crippen molar-refractivity contribution < 1.29 is 8.85 Å². The summed E-state index contributed by atoms with van der Waals surface area (Å²) in [5.74, 6) is -0.508. The zero-order valence-corrected chi connectivity index (χ0v) is 10.3. The molecule has 0 aromatic rings. The number of hydrogen-bond donors (Lipinski definition) is 2. The van der Waals surface area contributed by atoms with E-state index in [1.807, 2.05) is 34.2 Å². The van der Waals surface area contributed by atoms with Crippen LogP contribution in [0.5, 0.6) is 0 Å². The first-order valence-electron chi connectivity index (χ1n) is 4.56. The molecule has 0 aliphatic rings. The van der Waals surface area contributed by atoms with E-state index in [2.05, 4.69) is 0 Å². The molecule has 0 heterocycles. The molecule has 0 aliphatic heterocycles. The molecular weight excluding hydrogens is 184 g/mol. The molecular formula is C8H22N2O2Si. The van der Waals surface area contributed by atoms with Crippen LogP contribution in [0.2, 0.25) is 6.55 Å². The van der Waals surface area contributed by atoms with Crippen LogP contribution >= 0.6 is 0 Å². The standard InChI is InChI=1S/C8H22N2O2Si/c1-6-11-13(5,7(9)10)12-8(2,3)4/h7H,6,9-10H2,1-5H3. The summed E-state index contributed by atoms with van der Waals surface area (Å²) in [5.41, 5.74) is 11.1. The Morgan fingerprint density at radius 2 is 1.77 bits per heavy atom. The van der Waals surface area contributed by atoms with E-state index in [1.165, 1.54) is 0 Å². The van der Waals surface area contributed by atoms with E-state index in [9.17, 15) is 0 Å². The van der Waals surface area contributed by atoms with Gasteiger partial charge in [0.15, 0.2) is 0 Å². The molecule has 4 nitrogen and oxygen atoms in total. The van der Waals surface area contributed by atoms with Crippen molar-refractivity contribution in [2.75, 3.05) is 6.61 Å². The fourth-order valence-corrected chi connectivity index (χ4v) is 3.26. The maximum absolute atomic E-state index is 5.79. The third-order valence-electron chi connectivity index (χ3n) is 1.55. The summed E-state index contributed by atoms with van der Waals surface area (Å²) in [4.78, 5) is 0. The molecule has 0 radical (unpaired) electrons. The molecule has 0 amide bonds. The quantitative estimate of drug-likeness (QED) is 0.524. The van der Waals surface area contributed by atoms with Gasteiger partial charge in [0, 0.05) is 6.61 Å². The maximum atomic E-state index is 5.79. The van der Waals surface area contributed by atoms with Gasteiger partial charge in [-0.2, -0.15) is 0 Å². The number of rotatable bonds is 4. The minimum atomic E-state index is -2.41. The highest BCUT2D eigenvalue weighted by Gasteiger charge is 2.40. The van der Waals surface area contributed by atoms with Gasteiger partial charge in [0.2, 0.25) is 0 Å². The topological polar surface area (TPSA) is 70.5 Å². The third kappa shape index (κ3) is 4.73. The Balaban J connectivity index is 4.42. The number of nitrogens with two attached hydrogens (primary N) is 2. The smallest absolute Gasteiger partial charge is 0.367 e. The molecule has 0 aromatic heterocycles. The van der Waals surface area contributed by atoms with Gasteiger partial charge in [-0.25, -0.2) is 0 Å². The monoisotopic (exact) mass is 206 g/mol. The lowest BCUT2D eigenvalue weighted by Gasteiger charge is -2.36. The van der Waals surface area contributed by atoms with E-state index in [4.69, 9.17) is 20.3 Å². The first-order chi connectivity index (χ1) is 5.71. The molecule has 0 aliphatic carbocycles. The number of hydrogen-bond acceptors (Lipinski definition) is 4. The molecule has 0 rings (SSSR count). The Kier molecular flexibility index (Phi) is 4.54. The van der Waals surface area contributed by atoms with Crippen LogP contribution in [0, 0.1) is 0 Å². The van der Waals surface area contributed by atoms with Crippen molar-refractivity contribution >= 4 is 8.56 Å². The van der Waals surface area contributed by atoms with Crippen LogP contribution in [0.25, 0.3) is 0 Å². The lowest BCUT2D eigenvalue weighted by Crippen LogP contribution is -2.62. The van der Waals surface area contributed by atoms with Gasteiger partial charge in [0.05, 0.1) is 11.4 Å². The van der Waals surface area contributed by atoms with Crippen molar-refractivity contribution in [1.82, 2.24) is 0 Å². The largest absolute Gasteiger partial charge is 0.393 e. The van der Waals surface area contributed by atoms with E-state index in [0.29, 0.717) is 6.61 Å². The van der Waals surface area contributed by atoms with Crippen molar-refractivity contribution in [2.24, 2.45) is 11.5 Å². The normalized spacial score (nSPS) is 17.5. The Morgan fingerprint density at radius 3 is 2.00 bits per heavy atom. The van der Waals surface area contributed by atoms with E-state index in [1.54, 1.807) is 0 Å². The summed E-state index contributed by atoms with van der Waals surface area (Å²) >= 11 is 0. The second kappa shape index (κ2) is 4.52. The molecule has 5 heteroatoms. The van der Waals surface area contributed by atoms with Crippen LogP contribution in [0.4, 0.5) is 0 Å². The van der Waals surface area contributed by atoms with Crippen molar-refractivity contribution in [3.8, 4) is 0 Å². The molecule has 0 spiro atoms. The molecule has 0 bridgehead atoms. The molecule has 1 atom stereocenters. The molecule has 1 unspecified atom stereocenters. The first kappa shape index (κ1) is 13.1. The fraction of sp³-hybridized carbons (Fsp3) is 1.00. The molecule has 0 fully saturated rings. The minimum Gasteiger partial charge on any atom is -0.393 e. The third-order valence-corrected chi connectivity index (χ3v) is 4.64. The van der Waals surface area contributed by atoms with Gasteiger partial charge < -0.3 is 20.3 Å². The Hall–Kier alpha value is 0.0569. The first-order valence-corrected chi connectivity index (χ1v) is 6.96. The second-order valence-electron chi connectivity index (χ2n) is 4.19. The van der Waals surface area contributed by atoms with Crippen LogP contribution in [-0.2, 0) is 8.85 Å². The van der Waals surface area contributed by atoms with Crippen molar-refractivity contribution in [2.45, 2.75) is 45.6 Å². The zero-order valence-electron chi connectivity index (χ0n) is 9.26. The Labute approximate surface area is 81.8 Å². The predicted molar refractivity (Wildman–Crippen MR) is 56.2 cm³/mol. The van der Waals surface area contributed by atoms with E-state index >= 15 is 0 Å². The summed E-state index contributed by atoms with van der Waals surface area (Å²) in [6, 6.07) is 0. The van der Waals surface area contributed by atoms with Crippen molar-refractivity contribution in [3.05, 3.63) is 0 Å². The SMILES string of the molecule is CCO[Si](C)(OC(C)(C)C)C(N)N. The van der Waals surface area contributed by atoms with Crippen LogP contribution in [0.3, 0.4) is 0 Å². The summed E-state index contributed by atoms with van der Waals surface area (Å²) < 4.78 is 11.3. The van der Waals surface area contributed by atoms with Crippen LogP contribution in [0.1, 0.15) is 27.7 Å². The minimum absolute atomic E-state index is 0.257. The van der Waals surface area contributed by atoms with Gasteiger partial charge in [0.1, 0.15) is 0 Å². The maximum Gasteiger partial charge on any atom is 0.367 e. The van der Waals surface area contributed by atoms with E-state index in [0.717, 1.165) is 0 Å². The zero-order chi connectivity index (χ0) is 10.7. The molecule has 0 aromatic carbocycles. The van der Waals surface area contributed by atoms with Gasteiger partial charge in [0.25, 0.3) is 0 Å². The molecule has 13 heavy (non-hydrogen) atoms. The van der Waals surface area contributed by atoms with Gasteiger partial charge in [-0.15, -0.1) is 0 Å². The predicted octanol–water partition coefficient (Wildman–Crippen LogP) is 0.693. The highest BCUT2D eigenvalue weighted by molar-refractivity contribution is 6.67. The summed E-state index contributed by atoms with van der Waals surface area (Å²) in [6.07, 6.45) is 0. The molecule has 0 saturated carbocycles. The second-order valence-corrected chi connectivity index (χ2v) is 7.38. The van der Waals surface area contributed by atoms with Gasteiger partial charge in [-0.05, 0) is 34.2 Å². The van der Waals surface area contributed by atoms with Gasteiger partial charge >= 0.3 is 8.56 Å². The average molecular weight is 206 g/mol. The van der Waals surface area contributed by atoms with Crippen LogP contribution < -0.4 is 11.5 Å². The summed E-state index contributed by atoms with van der Waals surface area (Å²) in [6.45, 7) is 10.3. The van der Waals surface area contributed by atoms with Crippen molar-refractivity contribution in [1.29, 1.82) is 0 Å². The molecule has 4 N–H and O–H groups in total. The van der Waals surface area contributed by atoms with Crippen LogP contribution in [-0.4, -0.2) is 26.6 Å². The van der Waals surface area contributed by atoms with Gasteiger partial charge in [-0.3, -0.25) is 0 Å². The average Bonchev–Trinajstić information content (AvgIpc) is 1.82. The lowest BCUT2D eigenvalue weighted by atomic mass is 10.2. The van der Waals surface area contributed by atoms with Crippen LogP contribution in [0.15, 0.2) is 0 Å². The Bertz CT molecular complexity index is 159. The van der Waals surface area contributed by atoms with E-state index in [-0.39, 0.29) is 5.60 Å². The Morgan fingerprint density at radius 1 is 1.31 bits per heavy atom. The fourth-order valence-electron chi connectivity index (χ4n) is 1.09. The molecule has 80 valence electrons. The van der Waals surface area contributed by atoms with E-state index < -0.39 is 14.3 Å². The van der Waals surface area contributed by atoms with Crippen molar-refractivity contribution in [3.63, 3.8) is 0 Å². The summed E-state index contributed by atoms with van der Waals surface area (Å²) in [5, 5.41) is 0. The lowest BCUT2D eigenvalue weighted by molar-refractivity contribution is 0.0632. The molecule has 0 saturated heterocycles.